The molecular formula is C21H21ClFN3O3. The molecule has 29 heavy (non-hydrogen) atoms. The highest BCUT2D eigenvalue weighted by Gasteiger charge is 2.39. The number of nitrogens with two attached hydrogens (primary N) is 1. The average Bonchev–Trinajstić information content (AvgIpc) is 3.42. The van der Waals surface area contributed by atoms with Gasteiger partial charge in [-0.1, -0.05) is 23.8 Å². The van der Waals surface area contributed by atoms with Crippen molar-refractivity contribution < 1.29 is 14.3 Å². The first kappa shape index (κ1) is 18.6. The van der Waals surface area contributed by atoms with Crippen molar-refractivity contribution in [1.82, 2.24) is 4.57 Å². The highest BCUT2D eigenvalue weighted by molar-refractivity contribution is 6.38. The second kappa shape index (κ2) is 6.57. The molecule has 5 rings (SSSR count). The van der Waals surface area contributed by atoms with Crippen LogP contribution in [0.3, 0.4) is 0 Å². The second-order valence-electron chi connectivity index (χ2n) is 8.30. The topological polar surface area (TPSA) is 88.6 Å². The number of hydrogen-bond acceptors (Lipinski definition) is 4. The van der Waals surface area contributed by atoms with E-state index in [9.17, 15) is 14.7 Å². The smallest absolute Gasteiger partial charge is 0.341 e. The zero-order chi connectivity index (χ0) is 20.4. The first-order chi connectivity index (χ1) is 13.9. The van der Waals surface area contributed by atoms with Gasteiger partial charge in [0.25, 0.3) is 0 Å². The van der Waals surface area contributed by atoms with Crippen molar-refractivity contribution in [2.24, 2.45) is 17.6 Å². The summed E-state index contributed by atoms with van der Waals surface area (Å²) < 4.78 is 16.9. The second-order valence-corrected chi connectivity index (χ2v) is 8.68. The van der Waals surface area contributed by atoms with Crippen molar-refractivity contribution in [3.8, 4) is 0 Å². The van der Waals surface area contributed by atoms with Crippen LogP contribution in [0.2, 0.25) is 5.02 Å². The Morgan fingerprint density at radius 1 is 1.31 bits per heavy atom. The van der Waals surface area contributed by atoms with Gasteiger partial charge in [-0.05, 0) is 37.2 Å². The van der Waals surface area contributed by atoms with Crippen molar-refractivity contribution in [2.45, 2.75) is 31.3 Å². The molecule has 0 amide bonds. The fraction of sp³-hybridized carbons (Fsp3) is 0.429. The van der Waals surface area contributed by atoms with Gasteiger partial charge in [0.2, 0.25) is 5.43 Å². The highest BCUT2D eigenvalue weighted by Crippen LogP contribution is 2.44. The van der Waals surface area contributed by atoms with Crippen molar-refractivity contribution in [2.75, 3.05) is 18.0 Å². The van der Waals surface area contributed by atoms with E-state index >= 15 is 4.39 Å². The van der Waals surface area contributed by atoms with E-state index in [0.717, 1.165) is 25.3 Å². The zero-order valence-electron chi connectivity index (χ0n) is 15.6. The lowest BCUT2D eigenvalue weighted by molar-refractivity contribution is 0.0695. The minimum atomic E-state index is -1.32. The Morgan fingerprint density at radius 2 is 2.07 bits per heavy atom. The predicted molar refractivity (Wildman–Crippen MR) is 109 cm³/mol. The Hall–Kier alpha value is -2.38. The number of pyridine rings is 1. The van der Waals surface area contributed by atoms with E-state index in [1.165, 1.54) is 6.20 Å². The summed E-state index contributed by atoms with van der Waals surface area (Å²) in [5.74, 6) is -1.37. The van der Waals surface area contributed by atoms with Crippen molar-refractivity contribution in [3.63, 3.8) is 0 Å². The molecule has 0 spiro atoms. The van der Waals surface area contributed by atoms with Crippen LogP contribution in [0.1, 0.15) is 35.7 Å². The first-order valence-corrected chi connectivity index (χ1v) is 10.2. The lowest BCUT2D eigenvalue weighted by atomic mass is 9.83. The minimum absolute atomic E-state index is 0.0121. The summed E-state index contributed by atoms with van der Waals surface area (Å²) in [5.41, 5.74) is 5.84. The Kier molecular flexibility index (Phi) is 4.22. The lowest BCUT2D eigenvalue weighted by Gasteiger charge is -2.25. The molecule has 2 fully saturated rings. The third kappa shape index (κ3) is 2.87. The van der Waals surface area contributed by atoms with Crippen molar-refractivity contribution in [1.29, 1.82) is 0 Å². The molecule has 3 atom stereocenters. The molecular weight excluding hydrogens is 397 g/mol. The Morgan fingerprint density at radius 3 is 2.72 bits per heavy atom. The molecule has 1 aliphatic heterocycles. The van der Waals surface area contributed by atoms with E-state index in [0.29, 0.717) is 24.5 Å². The maximum Gasteiger partial charge on any atom is 0.341 e. The van der Waals surface area contributed by atoms with Gasteiger partial charge in [-0.25, -0.2) is 9.18 Å². The van der Waals surface area contributed by atoms with Gasteiger partial charge in [-0.15, -0.1) is 0 Å². The molecule has 2 heterocycles. The zero-order valence-corrected chi connectivity index (χ0v) is 16.4. The van der Waals surface area contributed by atoms with E-state index in [-0.39, 0.29) is 39.7 Å². The van der Waals surface area contributed by atoms with E-state index < -0.39 is 17.2 Å². The number of carboxylic acid groups (broad SMARTS) is 1. The molecule has 1 saturated heterocycles. The number of aromatic nitrogens is 1. The number of hydrogen-bond donors (Lipinski definition) is 2. The summed E-state index contributed by atoms with van der Waals surface area (Å²) >= 11 is 6.71. The lowest BCUT2D eigenvalue weighted by Crippen LogP contribution is -2.35. The monoisotopic (exact) mass is 417 g/mol. The van der Waals surface area contributed by atoms with Crippen LogP contribution < -0.4 is 16.1 Å². The molecule has 3 aliphatic rings. The summed E-state index contributed by atoms with van der Waals surface area (Å²) in [4.78, 5) is 26.1. The fourth-order valence-electron chi connectivity index (χ4n) is 4.83. The average molecular weight is 418 g/mol. The van der Waals surface area contributed by atoms with Gasteiger partial charge >= 0.3 is 5.97 Å². The summed E-state index contributed by atoms with van der Waals surface area (Å²) in [6.45, 7) is 1.24. The molecule has 3 N–H and O–H groups in total. The van der Waals surface area contributed by atoms with Gasteiger partial charge in [0.05, 0.1) is 21.6 Å². The molecule has 6 nitrogen and oxygen atoms in total. The molecule has 0 bridgehead atoms. The fourth-order valence-corrected chi connectivity index (χ4v) is 5.24. The van der Waals surface area contributed by atoms with Crippen LogP contribution in [0.25, 0.3) is 10.9 Å². The molecule has 1 aromatic carbocycles. The molecule has 2 aromatic rings. The van der Waals surface area contributed by atoms with Gasteiger partial charge in [-0.3, -0.25) is 4.79 Å². The molecule has 152 valence electrons. The van der Waals surface area contributed by atoms with Gasteiger partial charge in [-0.2, -0.15) is 0 Å². The van der Waals surface area contributed by atoms with Crippen LogP contribution in [-0.2, 0) is 0 Å². The van der Waals surface area contributed by atoms with E-state index in [1.807, 2.05) is 11.0 Å². The van der Waals surface area contributed by atoms with E-state index in [1.54, 1.807) is 4.57 Å². The van der Waals surface area contributed by atoms with Gasteiger partial charge in [0.1, 0.15) is 11.4 Å². The maximum absolute atomic E-state index is 15.2. The quantitative estimate of drug-likeness (QED) is 0.749. The third-order valence-electron chi connectivity index (χ3n) is 6.45. The maximum atomic E-state index is 15.2. The molecule has 1 aromatic heterocycles. The minimum Gasteiger partial charge on any atom is -0.477 e. The molecule has 0 radical (unpaired) electrons. The predicted octanol–water partition coefficient (Wildman–Crippen LogP) is 3.17. The molecule has 1 saturated carbocycles. The van der Waals surface area contributed by atoms with E-state index in [2.05, 4.69) is 6.08 Å². The number of fused-ring (bicyclic) bond motifs is 2. The molecule has 2 unspecified atom stereocenters. The summed E-state index contributed by atoms with van der Waals surface area (Å²) in [6, 6.07) is 1.15. The standard InChI is InChI=1S/C21H21ClFN3O3/c22-17-18-12(20(27)14(21(28)29)9-26(18)11-4-5-11)6-15(23)19(17)25-7-10-2-1-3-16(24)13(10)8-25/h1,3,6,9-11,13,16H,2,4-5,7-8,24H2,(H,28,29)/t10?,13?,16-/m1/s1. The molecule has 8 heteroatoms. The van der Waals surface area contributed by atoms with Crippen molar-refractivity contribution >= 4 is 34.2 Å². The number of nitrogens with zero attached hydrogens (tertiary/aromatic N) is 2. The first-order valence-electron chi connectivity index (χ1n) is 9.84. The summed E-state index contributed by atoms with van der Waals surface area (Å²) in [5, 5.41) is 9.57. The number of carbonyl (C=O) groups is 1. The number of anilines is 1. The van der Waals surface area contributed by atoms with Crippen LogP contribution >= 0.6 is 11.6 Å². The van der Waals surface area contributed by atoms with Gasteiger partial charge < -0.3 is 20.3 Å². The van der Waals surface area contributed by atoms with Gasteiger partial charge in [0.15, 0.2) is 0 Å². The number of carboxylic acids is 1. The Balaban J connectivity index is 1.69. The van der Waals surface area contributed by atoms with Crippen LogP contribution in [0, 0.1) is 17.7 Å². The number of aromatic carboxylic acids is 1. The van der Waals surface area contributed by atoms with Crippen LogP contribution in [0.4, 0.5) is 10.1 Å². The molecule has 2 aliphatic carbocycles. The van der Waals surface area contributed by atoms with Crippen LogP contribution in [0.15, 0.2) is 29.2 Å². The third-order valence-corrected chi connectivity index (χ3v) is 6.81. The van der Waals surface area contributed by atoms with Crippen LogP contribution in [0.5, 0.6) is 0 Å². The number of allylic oxidation sites excluding steroid dienone is 1. The number of rotatable bonds is 3. The van der Waals surface area contributed by atoms with E-state index in [4.69, 9.17) is 17.3 Å². The van der Waals surface area contributed by atoms with Crippen LogP contribution in [-0.4, -0.2) is 34.8 Å². The number of benzene rings is 1. The normalized spacial score (nSPS) is 26.2. The van der Waals surface area contributed by atoms with Gasteiger partial charge in [0, 0.05) is 31.4 Å². The summed E-state index contributed by atoms with van der Waals surface area (Å²) in [7, 11) is 0. The highest BCUT2D eigenvalue weighted by atomic mass is 35.5. The largest absolute Gasteiger partial charge is 0.477 e. The Bertz CT molecular complexity index is 1120. The Labute approximate surface area is 171 Å². The SMILES string of the molecule is N[C@@H]1C=CCC2CN(c3c(F)cc4c(=O)c(C(=O)O)cn(C5CC5)c4c3Cl)CC21. The van der Waals surface area contributed by atoms with Crippen molar-refractivity contribution in [3.05, 3.63) is 51.0 Å². The number of halogens is 2. The summed E-state index contributed by atoms with van der Waals surface area (Å²) in [6.07, 6.45) is 8.06.